The molecular weight excluding hydrogens is 458 g/mol. The second-order valence-electron chi connectivity index (χ2n) is 10.1. The smallest absolute Gasteiger partial charge is 0.362 e. The molecular formula is C29H54NO6+. The van der Waals surface area contributed by atoms with E-state index >= 15 is 0 Å². The molecule has 0 aliphatic rings. The summed E-state index contributed by atoms with van der Waals surface area (Å²) in [5.74, 6) is -3.35. The summed E-state index contributed by atoms with van der Waals surface area (Å²) in [5, 5.41) is 29.9. The molecule has 3 atom stereocenters. The lowest BCUT2D eigenvalue weighted by Crippen LogP contribution is -2.72. The van der Waals surface area contributed by atoms with Gasteiger partial charge in [0.1, 0.15) is 0 Å². The van der Waals surface area contributed by atoms with E-state index in [9.17, 15) is 29.7 Å². The normalized spacial score (nSPS) is 15.9. The van der Waals surface area contributed by atoms with Crippen molar-refractivity contribution in [2.45, 2.75) is 149 Å². The van der Waals surface area contributed by atoms with E-state index in [0.29, 0.717) is 6.42 Å². The lowest BCUT2D eigenvalue weighted by atomic mass is 9.93. The van der Waals surface area contributed by atoms with E-state index in [1.165, 1.54) is 57.8 Å². The van der Waals surface area contributed by atoms with E-state index in [0.717, 1.165) is 19.3 Å². The van der Waals surface area contributed by atoms with Gasteiger partial charge in [0, 0.05) is 19.3 Å². The summed E-state index contributed by atoms with van der Waals surface area (Å²) in [7, 11) is 0. The summed E-state index contributed by atoms with van der Waals surface area (Å²) >= 11 is 0. The third kappa shape index (κ3) is 11.4. The van der Waals surface area contributed by atoms with E-state index in [-0.39, 0.29) is 25.8 Å². The molecule has 0 bridgehead atoms. The molecule has 0 saturated carbocycles. The van der Waals surface area contributed by atoms with Gasteiger partial charge in [-0.2, -0.15) is 0 Å². The first-order chi connectivity index (χ1) is 17.2. The maximum absolute atomic E-state index is 12.2. The zero-order valence-corrected chi connectivity index (χ0v) is 23.4. The Balaban J connectivity index is 4.84. The molecule has 0 heterocycles. The molecule has 0 saturated heterocycles. The van der Waals surface area contributed by atoms with Crippen molar-refractivity contribution in [2.75, 3.05) is 6.54 Å². The van der Waals surface area contributed by atoms with E-state index in [1.54, 1.807) is 20.8 Å². The topological polar surface area (TPSA) is 112 Å². The van der Waals surface area contributed by atoms with Gasteiger partial charge in [-0.1, -0.05) is 91.2 Å². The monoisotopic (exact) mass is 512 g/mol. The second kappa shape index (κ2) is 20.2. The third-order valence-electron chi connectivity index (χ3n) is 7.54. The van der Waals surface area contributed by atoms with Crippen LogP contribution in [0.3, 0.4) is 0 Å². The lowest BCUT2D eigenvalue weighted by molar-refractivity contribution is -0.973. The summed E-state index contributed by atoms with van der Waals surface area (Å²) in [5.41, 5.74) is 0. The van der Waals surface area contributed by atoms with Gasteiger partial charge in [-0.15, -0.1) is 0 Å². The third-order valence-corrected chi connectivity index (χ3v) is 7.54. The van der Waals surface area contributed by atoms with Crippen LogP contribution in [0.4, 0.5) is 0 Å². The average molecular weight is 513 g/mol. The van der Waals surface area contributed by atoms with Gasteiger partial charge in [0.2, 0.25) is 0 Å². The van der Waals surface area contributed by atoms with Crippen molar-refractivity contribution < 1.29 is 34.2 Å². The van der Waals surface area contributed by atoms with Crippen LogP contribution in [0.15, 0.2) is 12.2 Å². The minimum absolute atomic E-state index is 0.192. The van der Waals surface area contributed by atoms with Crippen LogP contribution in [0.2, 0.25) is 0 Å². The molecule has 0 aliphatic carbocycles. The number of allylic oxidation sites excluding steroid dienone is 2. The highest BCUT2D eigenvalue weighted by molar-refractivity contribution is 5.78. The molecule has 0 aromatic rings. The number of hydrogen-bond donors (Lipinski definition) is 3. The molecule has 36 heavy (non-hydrogen) atoms. The van der Waals surface area contributed by atoms with Crippen molar-refractivity contribution in [1.82, 2.24) is 0 Å². The predicted octanol–water partition coefficient (Wildman–Crippen LogP) is 7.04. The van der Waals surface area contributed by atoms with Crippen LogP contribution in [-0.4, -0.2) is 62.4 Å². The largest absolute Gasteiger partial charge is 0.477 e. The quantitative estimate of drug-likeness (QED) is 0.0726. The zero-order valence-electron chi connectivity index (χ0n) is 23.4. The summed E-state index contributed by atoms with van der Waals surface area (Å²) in [6.07, 6.45) is 19.8. The molecule has 210 valence electrons. The Bertz CT molecular complexity index is 593. The molecule has 0 aromatic carbocycles. The van der Waals surface area contributed by atoms with Gasteiger partial charge in [-0.3, -0.25) is 4.48 Å². The van der Waals surface area contributed by atoms with E-state index in [2.05, 4.69) is 19.1 Å². The molecule has 0 radical (unpaired) electrons. The number of carboxylic acid groups (broad SMARTS) is 3. The maximum atomic E-state index is 12.2. The zero-order chi connectivity index (χ0) is 27.4. The van der Waals surface area contributed by atoms with Crippen LogP contribution >= 0.6 is 0 Å². The van der Waals surface area contributed by atoms with Crippen LogP contribution in [0.1, 0.15) is 130 Å². The number of aliphatic carboxylic acids is 3. The minimum Gasteiger partial charge on any atom is -0.477 e. The van der Waals surface area contributed by atoms with Crippen molar-refractivity contribution in [1.29, 1.82) is 0 Å². The Morgan fingerprint density at radius 1 is 0.556 bits per heavy atom. The number of carbonyl (C=O) groups is 3. The van der Waals surface area contributed by atoms with Gasteiger partial charge in [0.25, 0.3) is 0 Å². The van der Waals surface area contributed by atoms with Crippen molar-refractivity contribution in [3.05, 3.63) is 12.2 Å². The standard InChI is InChI=1S/C29H53NO6/c1-5-9-10-11-12-13-14-15-16-17-18-19-20-21-22-23-30(24(6-2)27(31)32,25(7-3)28(33)34)26(8-4)29(35)36/h10-11,24-26H,5-9,12-23H2,1-4H3,(H2-,31,32,33,34,35,36)/p+1/b11-10+. The first kappa shape index (κ1) is 34.1. The predicted molar refractivity (Wildman–Crippen MR) is 145 cm³/mol. The van der Waals surface area contributed by atoms with Crippen LogP contribution < -0.4 is 0 Å². The Kier molecular flexibility index (Phi) is 19.1. The fourth-order valence-electron chi connectivity index (χ4n) is 5.74. The van der Waals surface area contributed by atoms with Crippen molar-refractivity contribution in [3.63, 3.8) is 0 Å². The number of rotatable bonds is 24. The van der Waals surface area contributed by atoms with Gasteiger partial charge in [-0.25, -0.2) is 14.4 Å². The van der Waals surface area contributed by atoms with E-state index in [4.69, 9.17) is 0 Å². The lowest BCUT2D eigenvalue weighted by Gasteiger charge is -2.49. The average Bonchev–Trinajstić information content (AvgIpc) is 2.82. The number of quaternary nitrogens is 1. The van der Waals surface area contributed by atoms with Gasteiger partial charge in [0.05, 0.1) is 6.54 Å². The number of unbranched alkanes of at least 4 members (excludes halogenated alkanes) is 11. The van der Waals surface area contributed by atoms with Gasteiger partial charge in [0.15, 0.2) is 18.1 Å². The van der Waals surface area contributed by atoms with Gasteiger partial charge in [-0.05, 0) is 32.1 Å². The molecule has 0 aromatic heterocycles. The molecule has 7 nitrogen and oxygen atoms in total. The number of nitrogens with zero attached hydrogens (tertiary/aromatic N) is 1. The Labute approximate surface area is 219 Å². The fourth-order valence-corrected chi connectivity index (χ4v) is 5.74. The van der Waals surface area contributed by atoms with Crippen LogP contribution in [0, 0.1) is 0 Å². The first-order valence-electron chi connectivity index (χ1n) is 14.4. The van der Waals surface area contributed by atoms with E-state index < -0.39 is 40.5 Å². The first-order valence-corrected chi connectivity index (χ1v) is 14.4. The molecule has 3 unspecified atom stereocenters. The van der Waals surface area contributed by atoms with Crippen molar-refractivity contribution >= 4 is 17.9 Å². The number of carboxylic acids is 3. The Hall–Kier alpha value is -1.89. The van der Waals surface area contributed by atoms with Crippen molar-refractivity contribution in [2.24, 2.45) is 0 Å². The fraction of sp³-hybridized carbons (Fsp3) is 0.828. The summed E-state index contributed by atoms with van der Waals surface area (Å²) in [6.45, 7) is 7.57. The summed E-state index contributed by atoms with van der Waals surface area (Å²) in [4.78, 5) is 36.7. The van der Waals surface area contributed by atoms with E-state index in [1.807, 2.05) is 0 Å². The van der Waals surface area contributed by atoms with Crippen LogP contribution in [0.5, 0.6) is 0 Å². The minimum atomic E-state index is -1.12. The van der Waals surface area contributed by atoms with Crippen LogP contribution in [0.25, 0.3) is 0 Å². The van der Waals surface area contributed by atoms with Gasteiger partial charge < -0.3 is 15.3 Å². The van der Waals surface area contributed by atoms with Gasteiger partial charge >= 0.3 is 17.9 Å². The highest BCUT2D eigenvalue weighted by atomic mass is 16.4. The molecule has 0 aliphatic heterocycles. The highest BCUT2D eigenvalue weighted by Crippen LogP contribution is 2.32. The molecule has 3 N–H and O–H groups in total. The van der Waals surface area contributed by atoms with Crippen molar-refractivity contribution in [3.8, 4) is 0 Å². The maximum Gasteiger partial charge on any atom is 0.362 e. The summed E-state index contributed by atoms with van der Waals surface area (Å²) in [6, 6.07) is -3.18. The molecule has 0 rings (SSSR count). The SMILES string of the molecule is CCC/C=C/CCCCCCCCCCCC[N+](C(CC)C(=O)O)(C(CC)C(=O)O)C(CC)C(=O)O. The molecule has 0 fully saturated rings. The summed E-state index contributed by atoms with van der Waals surface area (Å²) < 4.78 is -0.406. The highest BCUT2D eigenvalue weighted by Gasteiger charge is 2.55. The molecule has 0 amide bonds. The Morgan fingerprint density at radius 2 is 0.889 bits per heavy atom. The second-order valence-corrected chi connectivity index (χ2v) is 10.1. The van der Waals surface area contributed by atoms with Crippen LogP contribution in [-0.2, 0) is 14.4 Å². The Morgan fingerprint density at radius 3 is 1.22 bits per heavy atom. The molecule has 0 spiro atoms. The number of hydrogen-bond acceptors (Lipinski definition) is 3. The molecule has 7 heteroatoms.